The van der Waals surface area contributed by atoms with E-state index in [2.05, 4.69) is 15.3 Å². The van der Waals surface area contributed by atoms with E-state index in [-0.39, 0.29) is 11.5 Å². The molecule has 0 saturated heterocycles. The van der Waals surface area contributed by atoms with Gasteiger partial charge in [-0.3, -0.25) is 9.59 Å². The number of rotatable bonds is 4. The quantitative estimate of drug-likeness (QED) is 0.760. The summed E-state index contributed by atoms with van der Waals surface area (Å²) in [6.07, 6.45) is 1.45. The molecule has 0 spiro atoms. The number of benzene rings is 1. The van der Waals surface area contributed by atoms with Gasteiger partial charge in [-0.15, -0.1) is 11.3 Å². The van der Waals surface area contributed by atoms with Crippen molar-refractivity contribution in [3.8, 4) is 0 Å². The average Bonchev–Trinajstić information content (AvgIpc) is 2.94. The number of aryl methyl sites for hydroxylation is 1. The Morgan fingerprint density at radius 3 is 2.70 bits per heavy atom. The standard InChI is InChI=1S/C16H13N3O2S2/c1-10-9-22-16(18-10)23-13-4-2-12(3-5-13)19-15(21)11-6-7-17-14(20)8-11/h2-9H,1H3,(H,17,20)(H,19,21). The van der Waals surface area contributed by atoms with Gasteiger partial charge in [0, 0.05) is 39.5 Å². The Morgan fingerprint density at radius 2 is 2.04 bits per heavy atom. The smallest absolute Gasteiger partial charge is 0.255 e. The summed E-state index contributed by atoms with van der Waals surface area (Å²) in [7, 11) is 0. The van der Waals surface area contributed by atoms with Gasteiger partial charge in [-0.25, -0.2) is 4.98 Å². The second kappa shape index (κ2) is 6.80. The molecule has 0 saturated carbocycles. The number of pyridine rings is 1. The lowest BCUT2D eigenvalue weighted by Gasteiger charge is -2.05. The van der Waals surface area contributed by atoms with Crippen LogP contribution in [0.1, 0.15) is 16.1 Å². The molecule has 5 nitrogen and oxygen atoms in total. The molecule has 3 rings (SSSR count). The molecule has 1 amide bonds. The van der Waals surface area contributed by atoms with Crippen molar-refractivity contribution in [3.63, 3.8) is 0 Å². The molecule has 0 fully saturated rings. The summed E-state index contributed by atoms with van der Waals surface area (Å²) in [5.41, 5.74) is 1.71. The van der Waals surface area contributed by atoms with E-state index in [9.17, 15) is 9.59 Å². The molecule has 116 valence electrons. The van der Waals surface area contributed by atoms with E-state index in [1.807, 2.05) is 36.6 Å². The Bertz CT molecular complexity index is 885. The van der Waals surface area contributed by atoms with Gasteiger partial charge in [0.25, 0.3) is 5.91 Å². The minimum absolute atomic E-state index is 0.303. The second-order valence-electron chi connectivity index (χ2n) is 4.78. The largest absolute Gasteiger partial charge is 0.329 e. The molecule has 1 aromatic carbocycles. The van der Waals surface area contributed by atoms with Crippen molar-refractivity contribution in [2.45, 2.75) is 16.2 Å². The highest BCUT2D eigenvalue weighted by atomic mass is 32.2. The van der Waals surface area contributed by atoms with Crippen LogP contribution in [0.25, 0.3) is 0 Å². The maximum absolute atomic E-state index is 12.1. The Kier molecular flexibility index (Phi) is 4.59. The summed E-state index contributed by atoms with van der Waals surface area (Å²) in [5.74, 6) is -0.313. The number of nitrogens with zero attached hydrogens (tertiary/aromatic N) is 1. The highest BCUT2D eigenvalue weighted by Crippen LogP contribution is 2.30. The first-order valence-electron chi connectivity index (χ1n) is 6.80. The summed E-state index contributed by atoms with van der Waals surface area (Å²) in [6, 6.07) is 10.3. The summed E-state index contributed by atoms with van der Waals surface area (Å²) in [5, 5.41) is 4.78. The first-order chi connectivity index (χ1) is 11.1. The second-order valence-corrected chi connectivity index (χ2v) is 6.96. The number of aromatic nitrogens is 2. The molecule has 0 aliphatic carbocycles. The van der Waals surface area contributed by atoms with Crippen molar-refractivity contribution in [3.05, 3.63) is 69.6 Å². The van der Waals surface area contributed by atoms with E-state index in [0.717, 1.165) is 14.9 Å². The van der Waals surface area contributed by atoms with E-state index in [1.54, 1.807) is 29.2 Å². The predicted molar refractivity (Wildman–Crippen MR) is 92.4 cm³/mol. The predicted octanol–water partition coefficient (Wildman–Crippen LogP) is 3.54. The van der Waals surface area contributed by atoms with Crippen molar-refractivity contribution < 1.29 is 4.79 Å². The SMILES string of the molecule is Cc1csc(Sc2ccc(NC(=O)c3cc[nH]c(=O)c3)cc2)n1. The maximum Gasteiger partial charge on any atom is 0.255 e. The highest BCUT2D eigenvalue weighted by molar-refractivity contribution is 8.01. The van der Waals surface area contributed by atoms with Crippen molar-refractivity contribution >= 4 is 34.7 Å². The number of thiazole rings is 1. The van der Waals surface area contributed by atoms with Crippen LogP contribution in [0.5, 0.6) is 0 Å². The number of aromatic amines is 1. The zero-order chi connectivity index (χ0) is 16.2. The third-order valence-electron chi connectivity index (χ3n) is 2.95. The van der Waals surface area contributed by atoms with E-state index in [1.165, 1.54) is 12.3 Å². The van der Waals surface area contributed by atoms with Crippen LogP contribution < -0.4 is 10.9 Å². The van der Waals surface area contributed by atoms with Crippen LogP contribution >= 0.6 is 23.1 Å². The maximum atomic E-state index is 12.1. The van der Waals surface area contributed by atoms with Crippen LogP contribution in [-0.4, -0.2) is 15.9 Å². The van der Waals surface area contributed by atoms with Gasteiger partial charge in [-0.2, -0.15) is 0 Å². The van der Waals surface area contributed by atoms with Crippen LogP contribution in [0.3, 0.4) is 0 Å². The summed E-state index contributed by atoms with van der Waals surface area (Å²) >= 11 is 3.19. The Balaban J connectivity index is 1.67. The molecular formula is C16H13N3O2S2. The molecule has 0 unspecified atom stereocenters. The number of anilines is 1. The molecule has 2 heterocycles. The van der Waals surface area contributed by atoms with Gasteiger partial charge in [0.05, 0.1) is 0 Å². The molecule has 0 atom stereocenters. The number of nitrogens with one attached hydrogen (secondary N) is 2. The average molecular weight is 343 g/mol. The van der Waals surface area contributed by atoms with Crippen LogP contribution in [0.4, 0.5) is 5.69 Å². The fourth-order valence-electron chi connectivity index (χ4n) is 1.88. The van der Waals surface area contributed by atoms with Gasteiger partial charge < -0.3 is 10.3 Å². The van der Waals surface area contributed by atoms with Crippen molar-refractivity contribution in [1.29, 1.82) is 0 Å². The highest BCUT2D eigenvalue weighted by Gasteiger charge is 2.07. The van der Waals surface area contributed by atoms with E-state index < -0.39 is 0 Å². The monoisotopic (exact) mass is 343 g/mol. The summed E-state index contributed by atoms with van der Waals surface area (Å²) in [6.45, 7) is 1.97. The molecular weight excluding hydrogens is 330 g/mol. The first-order valence-corrected chi connectivity index (χ1v) is 8.50. The lowest BCUT2D eigenvalue weighted by molar-refractivity contribution is 0.102. The molecule has 2 N–H and O–H groups in total. The van der Waals surface area contributed by atoms with Crippen molar-refractivity contribution in [2.75, 3.05) is 5.32 Å². The summed E-state index contributed by atoms with van der Waals surface area (Å²) < 4.78 is 0.989. The Hall–Kier alpha value is -2.38. The number of amides is 1. The van der Waals surface area contributed by atoms with E-state index in [4.69, 9.17) is 0 Å². The van der Waals surface area contributed by atoms with E-state index in [0.29, 0.717) is 11.3 Å². The Labute approximate surface area is 140 Å². The fourth-order valence-corrected chi connectivity index (χ4v) is 3.69. The van der Waals surface area contributed by atoms with Crippen LogP contribution in [-0.2, 0) is 0 Å². The lowest BCUT2D eigenvalue weighted by atomic mass is 10.2. The Morgan fingerprint density at radius 1 is 1.26 bits per heavy atom. The minimum atomic E-state index is -0.313. The third kappa shape index (κ3) is 4.08. The molecule has 7 heteroatoms. The zero-order valence-electron chi connectivity index (χ0n) is 12.2. The van der Waals surface area contributed by atoms with Gasteiger partial charge in [0.2, 0.25) is 5.56 Å². The summed E-state index contributed by atoms with van der Waals surface area (Å²) in [4.78, 5) is 31.2. The van der Waals surface area contributed by atoms with Crippen LogP contribution in [0, 0.1) is 6.92 Å². The number of hydrogen-bond donors (Lipinski definition) is 2. The van der Waals surface area contributed by atoms with Crippen molar-refractivity contribution in [2.24, 2.45) is 0 Å². The number of hydrogen-bond acceptors (Lipinski definition) is 5. The fraction of sp³-hybridized carbons (Fsp3) is 0.0625. The van der Waals surface area contributed by atoms with Gasteiger partial charge in [0.15, 0.2) is 4.34 Å². The third-order valence-corrected chi connectivity index (χ3v) is 5.02. The molecule has 2 aromatic heterocycles. The zero-order valence-corrected chi connectivity index (χ0v) is 13.8. The van der Waals surface area contributed by atoms with Gasteiger partial charge >= 0.3 is 0 Å². The van der Waals surface area contributed by atoms with Crippen LogP contribution in [0.15, 0.2) is 62.0 Å². The lowest BCUT2D eigenvalue weighted by Crippen LogP contribution is -2.15. The topological polar surface area (TPSA) is 74.8 Å². The normalized spacial score (nSPS) is 10.5. The molecule has 0 radical (unpaired) electrons. The minimum Gasteiger partial charge on any atom is -0.329 e. The number of H-pyrrole nitrogens is 1. The first kappa shape index (κ1) is 15.5. The number of carbonyl (C=O) groups excluding carboxylic acids is 1. The van der Waals surface area contributed by atoms with Gasteiger partial charge in [0.1, 0.15) is 0 Å². The van der Waals surface area contributed by atoms with Crippen LogP contribution in [0.2, 0.25) is 0 Å². The van der Waals surface area contributed by atoms with Crippen molar-refractivity contribution in [1.82, 2.24) is 9.97 Å². The molecule has 0 aliphatic heterocycles. The molecule has 23 heavy (non-hydrogen) atoms. The van der Waals surface area contributed by atoms with E-state index >= 15 is 0 Å². The van der Waals surface area contributed by atoms with Gasteiger partial charge in [-0.1, -0.05) is 11.8 Å². The molecule has 3 aromatic rings. The molecule has 0 bridgehead atoms. The number of carbonyl (C=O) groups is 1. The van der Waals surface area contributed by atoms with Gasteiger partial charge in [-0.05, 0) is 37.3 Å². The molecule has 0 aliphatic rings.